The van der Waals surface area contributed by atoms with Crippen molar-refractivity contribution >= 4 is 22.9 Å². The van der Waals surface area contributed by atoms with Crippen LogP contribution in [-0.2, 0) is 4.74 Å². The van der Waals surface area contributed by atoms with E-state index in [4.69, 9.17) is 9.37 Å². The van der Waals surface area contributed by atoms with Gasteiger partial charge >= 0.3 is 0 Å². The summed E-state index contributed by atoms with van der Waals surface area (Å²) in [6.07, 6.45) is 5.87. The molecule has 3 heterocycles. The number of anilines is 2. The molecule has 1 unspecified atom stereocenters. The number of likely N-dealkylation sites (N-methyl/N-ethyl adjacent to an activating group) is 1. The van der Waals surface area contributed by atoms with Gasteiger partial charge in [0.2, 0.25) is 11.3 Å². The van der Waals surface area contributed by atoms with Crippen molar-refractivity contribution in [3.8, 4) is 0 Å². The Morgan fingerprint density at radius 2 is 1.86 bits per heavy atom. The lowest BCUT2D eigenvalue weighted by Crippen LogP contribution is -2.34. The Hall–Kier alpha value is -1.96. The molecule has 22 heavy (non-hydrogen) atoms. The van der Waals surface area contributed by atoms with Crippen LogP contribution in [0.15, 0.2) is 4.63 Å². The molecule has 1 saturated heterocycles. The Balaban J connectivity index is 1.69. The van der Waals surface area contributed by atoms with Crippen LogP contribution in [0.1, 0.15) is 32.1 Å². The molecule has 2 aliphatic rings. The molecule has 0 spiro atoms. The molecule has 2 aromatic rings. The number of rotatable bonds is 4. The lowest BCUT2D eigenvalue weighted by Gasteiger charge is -2.26. The molecule has 1 aliphatic carbocycles. The zero-order valence-electron chi connectivity index (χ0n) is 12.7. The SMILES string of the molecule is CN(c1nc2nonc2nc1NC1CCCC1)C1CCOC1. The third-order valence-electron chi connectivity index (χ3n) is 4.58. The van der Waals surface area contributed by atoms with Crippen molar-refractivity contribution < 1.29 is 9.37 Å². The van der Waals surface area contributed by atoms with Crippen LogP contribution in [0.2, 0.25) is 0 Å². The van der Waals surface area contributed by atoms with Crippen LogP contribution in [-0.4, -0.2) is 52.6 Å². The standard InChI is InChI=1S/C14H20N6O2/c1-20(10-6-7-21-8-10)14-13(15-9-4-2-3-5-9)16-11-12(17-14)19-22-18-11/h9-10H,2-8H2,1H3,(H,15,16,18). The monoisotopic (exact) mass is 304 g/mol. The van der Waals surface area contributed by atoms with Gasteiger partial charge in [0.15, 0.2) is 11.6 Å². The fourth-order valence-corrected chi connectivity index (χ4v) is 3.24. The van der Waals surface area contributed by atoms with Crippen LogP contribution in [0.4, 0.5) is 11.6 Å². The summed E-state index contributed by atoms with van der Waals surface area (Å²) in [6, 6.07) is 0.773. The predicted octanol–water partition coefficient (Wildman–Crippen LogP) is 1.59. The topological polar surface area (TPSA) is 89.2 Å². The summed E-state index contributed by atoms with van der Waals surface area (Å²) in [5.41, 5.74) is 0.887. The van der Waals surface area contributed by atoms with Crippen molar-refractivity contribution in [2.45, 2.75) is 44.2 Å². The van der Waals surface area contributed by atoms with Gasteiger partial charge in [-0.15, -0.1) is 0 Å². The molecular formula is C14H20N6O2. The third kappa shape index (κ3) is 2.47. The van der Waals surface area contributed by atoms with Crippen LogP contribution in [0.5, 0.6) is 0 Å². The van der Waals surface area contributed by atoms with Gasteiger partial charge in [-0.25, -0.2) is 14.6 Å². The first kappa shape index (κ1) is 13.7. The second-order valence-electron chi connectivity index (χ2n) is 6.06. The van der Waals surface area contributed by atoms with Crippen molar-refractivity contribution in [3.05, 3.63) is 0 Å². The summed E-state index contributed by atoms with van der Waals surface area (Å²) < 4.78 is 10.2. The van der Waals surface area contributed by atoms with Crippen LogP contribution < -0.4 is 10.2 Å². The Morgan fingerprint density at radius 1 is 1.09 bits per heavy atom. The average molecular weight is 304 g/mol. The first-order chi connectivity index (χ1) is 10.8. The van der Waals surface area contributed by atoms with Gasteiger partial charge in [0.25, 0.3) is 0 Å². The zero-order valence-corrected chi connectivity index (χ0v) is 12.7. The Morgan fingerprint density at radius 3 is 2.59 bits per heavy atom. The molecule has 2 fully saturated rings. The third-order valence-corrected chi connectivity index (χ3v) is 4.58. The zero-order chi connectivity index (χ0) is 14.9. The molecule has 0 aromatic carbocycles. The lowest BCUT2D eigenvalue weighted by atomic mass is 10.2. The van der Waals surface area contributed by atoms with Crippen molar-refractivity contribution in [1.29, 1.82) is 0 Å². The highest BCUT2D eigenvalue weighted by Crippen LogP contribution is 2.29. The molecule has 2 aromatic heterocycles. The quantitative estimate of drug-likeness (QED) is 0.911. The molecule has 8 heteroatoms. The number of fused-ring (bicyclic) bond motifs is 1. The Bertz CT molecular complexity index is 648. The second kappa shape index (κ2) is 5.68. The molecule has 1 atom stereocenters. The van der Waals surface area contributed by atoms with Crippen LogP contribution >= 0.6 is 0 Å². The molecule has 1 aliphatic heterocycles. The minimum absolute atomic E-state index is 0.315. The van der Waals surface area contributed by atoms with E-state index in [2.05, 4.69) is 30.5 Å². The number of hydrogen-bond donors (Lipinski definition) is 1. The minimum Gasteiger partial charge on any atom is -0.379 e. The van der Waals surface area contributed by atoms with E-state index in [0.29, 0.717) is 23.4 Å². The molecule has 8 nitrogen and oxygen atoms in total. The van der Waals surface area contributed by atoms with Gasteiger partial charge in [-0.2, -0.15) is 0 Å². The highest BCUT2D eigenvalue weighted by atomic mass is 16.6. The first-order valence-corrected chi connectivity index (χ1v) is 7.88. The maximum atomic E-state index is 5.49. The lowest BCUT2D eigenvalue weighted by molar-refractivity contribution is 0.193. The van der Waals surface area contributed by atoms with Crippen molar-refractivity contribution in [3.63, 3.8) is 0 Å². The average Bonchev–Trinajstić information content (AvgIpc) is 3.27. The summed E-state index contributed by atoms with van der Waals surface area (Å²) in [5.74, 6) is 1.56. The van der Waals surface area contributed by atoms with Crippen LogP contribution in [0.3, 0.4) is 0 Å². The first-order valence-electron chi connectivity index (χ1n) is 7.88. The van der Waals surface area contributed by atoms with Crippen LogP contribution in [0, 0.1) is 0 Å². The summed E-state index contributed by atoms with van der Waals surface area (Å²) >= 11 is 0. The number of nitrogens with one attached hydrogen (secondary N) is 1. The van der Waals surface area contributed by atoms with Gasteiger partial charge in [0.1, 0.15) is 0 Å². The number of nitrogens with zero attached hydrogens (tertiary/aromatic N) is 5. The maximum absolute atomic E-state index is 5.49. The Labute approximate surface area is 128 Å². The van der Waals surface area contributed by atoms with E-state index in [-0.39, 0.29) is 0 Å². The fraction of sp³-hybridized carbons (Fsp3) is 0.714. The van der Waals surface area contributed by atoms with Gasteiger partial charge in [-0.05, 0) is 29.6 Å². The summed E-state index contributed by atoms with van der Waals surface area (Å²) in [7, 11) is 2.03. The van der Waals surface area contributed by atoms with E-state index in [1.165, 1.54) is 25.7 Å². The molecule has 118 valence electrons. The molecule has 1 saturated carbocycles. The summed E-state index contributed by atoms with van der Waals surface area (Å²) in [4.78, 5) is 11.3. The van der Waals surface area contributed by atoms with Crippen molar-refractivity contribution in [1.82, 2.24) is 20.3 Å². The summed E-state index contributed by atoms with van der Waals surface area (Å²) in [5, 5.41) is 11.2. The van der Waals surface area contributed by atoms with Gasteiger partial charge in [0.05, 0.1) is 12.6 Å². The van der Waals surface area contributed by atoms with E-state index in [1.807, 2.05) is 7.05 Å². The maximum Gasteiger partial charge on any atom is 0.245 e. The second-order valence-corrected chi connectivity index (χ2v) is 6.06. The molecule has 0 radical (unpaired) electrons. The predicted molar refractivity (Wildman–Crippen MR) is 80.9 cm³/mol. The highest BCUT2D eigenvalue weighted by molar-refractivity contribution is 5.74. The molecular weight excluding hydrogens is 284 g/mol. The normalized spacial score (nSPS) is 22.5. The van der Waals surface area contributed by atoms with Gasteiger partial charge in [-0.3, -0.25) is 0 Å². The molecule has 1 N–H and O–H groups in total. The van der Waals surface area contributed by atoms with E-state index >= 15 is 0 Å². The molecule has 0 amide bonds. The van der Waals surface area contributed by atoms with E-state index in [9.17, 15) is 0 Å². The van der Waals surface area contributed by atoms with Crippen molar-refractivity contribution in [2.24, 2.45) is 0 Å². The van der Waals surface area contributed by atoms with Gasteiger partial charge < -0.3 is 15.0 Å². The molecule has 0 bridgehead atoms. The number of aromatic nitrogens is 4. The largest absolute Gasteiger partial charge is 0.379 e. The Kier molecular flexibility index (Phi) is 3.53. The van der Waals surface area contributed by atoms with Crippen molar-refractivity contribution in [2.75, 3.05) is 30.5 Å². The van der Waals surface area contributed by atoms with Crippen LogP contribution in [0.25, 0.3) is 11.3 Å². The molecule has 4 rings (SSSR count). The van der Waals surface area contributed by atoms with E-state index in [0.717, 1.165) is 31.3 Å². The number of ether oxygens (including phenoxy) is 1. The highest BCUT2D eigenvalue weighted by Gasteiger charge is 2.26. The fourth-order valence-electron chi connectivity index (χ4n) is 3.24. The minimum atomic E-state index is 0.315. The van der Waals surface area contributed by atoms with Gasteiger partial charge in [0, 0.05) is 19.7 Å². The summed E-state index contributed by atoms with van der Waals surface area (Å²) in [6.45, 7) is 1.51. The smallest absolute Gasteiger partial charge is 0.245 e. The van der Waals surface area contributed by atoms with Gasteiger partial charge in [-0.1, -0.05) is 12.8 Å². The van der Waals surface area contributed by atoms with E-state index < -0.39 is 0 Å². The van der Waals surface area contributed by atoms with E-state index in [1.54, 1.807) is 0 Å². The number of hydrogen-bond acceptors (Lipinski definition) is 8.